The van der Waals surface area contributed by atoms with Crippen molar-refractivity contribution in [1.29, 1.82) is 0 Å². The van der Waals surface area contributed by atoms with Gasteiger partial charge in [-0.25, -0.2) is 0 Å². The molecule has 1 fully saturated rings. The SMILES string of the molecule is Cc1ccc2cc(Cc3cn([C@@H]4O[C@H](CO)[C@@H](O)[C@H](O)[C@H]4O)c4cc(Cl)cc(Cl)c34)ccc2c1. The topological polar surface area (TPSA) is 95.1 Å². The van der Waals surface area contributed by atoms with E-state index in [2.05, 4.69) is 43.3 Å². The van der Waals surface area contributed by atoms with Crippen molar-refractivity contribution in [3.05, 3.63) is 81.5 Å². The molecule has 5 rings (SSSR count). The lowest BCUT2D eigenvalue weighted by Crippen LogP contribution is -2.56. The van der Waals surface area contributed by atoms with E-state index in [0.29, 0.717) is 22.0 Å². The predicted octanol–water partition coefficient (Wildman–Crippen LogP) is 3.97. The Morgan fingerprint density at radius 1 is 0.912 bits per heavy atom. The highest BCUT2D eigenvalue weighted by Gasteiger charge is 2.44. The highest BCUT2D eigenvalue weighted by molar-refractivity contribution is 6.38. The molecular weight excluding hydrogens is 477 g/mol. The van der Waals surface area contributed by atoms with Crippen LogP contribution in [0.1, 0.15) is 22.9 Å². The minimum absolute atomic E-state index is 0.411. The van der Waals surface area contributed by atoms with Crippen molar-refractivity contribution in [2.75, 3.05) is 6.61 Å². The molecule has 3 aromatic carbocycles. The summed E-state index contributed by atoms with van der Waals surface area (Å²) in [6.45, 7) is 1.56. The molecule has 5 atom stereocenters. The Kier molecular flexibility index (Phi) is 6.33. The van der Waals surface area contributed by atoms with Gasteiger partial charge in [0.05, 0.1) is 17.1 Å². The Morgan fingerprint density at radius 3 is 2.41 bits per heavy atom. The average Bonchev–Trinajstić information content (AvgIpc) is 3.15. The largest absolute Gasteiger partial charge is 0.394 e. The highest BCUT2D eigenvalue weighted by atomic mass is 35.5. The van der Waals surface area contributed by atoms with Crippen LogP contribution in [0.25, 0.3) is 21.7 Å². The van der Waals surface area contributed by atoms with Gasteiger partial charge in [0.25, 0.3) is 0 Å². The first-order chi connectivity index (χ1) is 16.3. The molecule has 8 heteroatoms. The molecule has 6 nitrogen and oxygen atoms in total. The highest BCUT2D eigenvalue weighted by Crippen LogP contribution is 2.38. The van der Waals surface area contributed by atoms with Crippen LogP contribution >= 0.6 is 23.2 Å². The summed E-state index contributed by atoms with van der Waals surface area (Å²) in [4.78, 5) is 0. The van der Waals surface area contributed by atoms with E-state index in [1.165, 1.54) is 5.56 Å². The summed E-state index contributed by atoms with van der Waals surface area (Å²) in [5.41, 5.74) is 3.79. The summed E-state index contributed by atoms with van der Waals surface area (Å²) in [6, 6.07) is 16.0. The molecule has 178 valence electrons. The summed E-state index contributed by atoms with van der Waals surface area (Å²) in [7, 11) is 0. The van der Waals surface area contributed by atoms with E-state index in [0.717, 1.165) is 27.3 Å². The van der Waals surface area contributed by atoms with Gasteiger partial charge in [-0.15, -0.1) is 0 Å². The van der Waals surface area contributed by atoms with Crippen molar-refractivity contribution in [1.82, 2.24) is 4.57 Å². The molecule has 34 heavy (non-hydrogen) atoms. The van der Waals surface area contributed by atoms with Crippen LogP contribution < -0.4 is 0 Å². The minimum atomic E-state index is -1.49. The first-order valence-electron chi connectivity index (χ1n) is 11.0. The third kappa shape index (κ3) is 4.10. The minimum Gasteiger partial charge on any atom is -0.394 e. The Bertz CT molecular complexity index is 1370. The number of rotatable bonds is 4. The predicted molar refractivity (Wildman–Crippen MR) is 132 cm³/mol. The maximum Gasteiger partial charge on any atom is 0.163 e. The smallest absolute Gasteiger partial charge is 0.163 e. The normalized spacial score (nSPS) is 25.3. The molecule has 1 aliphatic heterocycles. The zero-order valence-corrected chi connectivity index (χ0v) is 19.9. The van der Waals surface area contributed by atoms with Crippen molar-refractivity contribution in [2.45, 2.75) is 44.0 Å². The number of halogens is 2. The fourth-order valence-corrected chi connectivity index (χ4v) is 5.39. The Morgan fingerprint density at radius 2 is 1.65 bits per heavy atom. The number of ether oxygens (including phenoxy) is 1. The van der Waals surface area contributed by atoms with Gasteiger partial charge in [-0.3, -0.25) is 0 Å². The van der Waals surface area contributed by atoms with E-state index < -0.39 is 37.3 Å². The Labute approximate surface area is 206 Å². The molecule has 0 aliphatic carbocycles. The number of hydrogen-bond acceptors (Lipinski definition) is 5. The molecule has 0 amide bonds. The molecule has 2 heterocycles. The van der Waals surface area contributed by atoms with E-state index in [9.17, 15) is 20.4 Å². The molecule has 0 saturated carbocycles. The molecule has 0 bridgehead atoms. The average molecular weight is 502 g/mol. The molecule has 4 aromatic rings. The maximum absolute atomic E-state index is 10.7. The van der Waals surface area contributed by atoms with Crippen LogP contribution in [-0.4, -0.2) is 56.0 Å². The summed E-state index contributed by atoms with van der Waals surface area (Å²) in [5.74, 6) is 0. The lowest BCUT2D eigenvalue weighted by Gasteiger charge is -2.40. The number of aromatic nitrogens is 1. The monoisotopic (exact) mass is 501 g/mol. The molecule has 1 saturated heterocycles. The number of fused-ring (bicyclic) bond motifs is 2. The van der Waals surface area contributed by atoms with Crippen molar-refractivity contribution in [3.63, 3.8) is 0 Å². The van der Waals surface area contributed by atoms with E-state index in [-0.39, 0.29) is 0 Å². The quantitative estimate of drug-likeness (QED) is 0.339. The van der Waals surface area contributed by atoms with Gasteiger partial charge in [-0.2, -0.15) is 0 Å². The lowest BCUT2D eigenvalue weighted by molar-refractivity contribution is -0.250. The summed E-state index contributed by atoms with van der Waals surface area (Å²) in [6.07, 6.45) is -4.06. The number of hydrogen-bond donors (Lipinski definition) is 4. The maximum atomic E-state index is 10.7. The molecule has 1 aliphatic rings. The summed E-state index contributed by atoms with van der Waals surface area (Å²) < 4.78 is 7.47. The van der Waals surface area contributed by atoms with Crippen molar-refractivity contribution in [3.8, 4) is 0 Å². The molecule has 0 radical (unpaired) electrons. The Hall–Kier alpha value is -2.16. The van der Waals surface area contributed by atoms with Crippen LogP contribution in [0.5, 0.6) is 0 Å². The van der Waals surface area contributed by atoms with Crippen LogP contribution in [0, 0.1) is 6.92 Å². The van der Waals surface area contributed by atoms with Crippen LogP contribution in [0.15, 0.2) is 54.7 Å². The number of aliphatic hydroxyl groups is 4. The van der Waals surface area contributed by atoms with Gasteiger partial charge < -0.3 is 29.7 Å². The van der Waals surface area contributed by atoms with Gasteiger partial charge in [-0.05, 0) is 47.4 Å². The second kappa shape index (κ2) is 9.13. The zero-order valence-electron chi connectivity index (χ0n) is 18.4. The third-order valence-corrected chi connectivity index (χ3v) is 7.04. The van der Waals surface area contributed by atoms with Crippen LogP contribution in [0.4, 0.5) is 0 Å². The molecule has 0 spiro atoms. The van der Waals surface area contributed by atoms with E-state index in [4.69, 9.17) is 27.9 Å². The fraction of sp³-hybridized carbons (Fsp3) is 0.308. The van der Waals surface area contributed by atoms with E-state index in [1.807, 2.05) is 6.20 Å². The first kappa shape index (κ1) is 23.6. The second-order valence-corrected chi connectivity index (χ2v) is 9.77. The van der Waals surface area contributed by atoms with Gasteiger partial charge in [-0.1, -0.05) is 65.2 Å². The Balaban J connectivity index is 1.60. The molecule has 0 unspecified atom stereocenters. The van der Waals surface area contributed by atoms with Crippen LogP contribution in [0.3, 0.4) is 0 Å². The number of aliphatic hydroxyl groups excluding tert-OH is 4. The van der Waals surface area contributed by atoms with Crippen molar-refractivity contribution in [2.24, 2.45) is 0 Å². The van der Waals surface area contributed by atoms with E-state index >= 15 is 0 Å². The molecular formula is C26H25Cl2NO5. The van der Waals surface area contributed by atoms with Gasteiger partial charge in [0.15, 0.2) is 6.23 Å². The van der Waals surface area contributed by atoms with Crippen molar-refractivity contribution < 1.29 is 25.2 Å². The summed E-state index contributed by atoms with van der Waals surface area (Å²) in [5, 5.41) is 44.7. The zero-order chi connectivity index (χ0) is 24.1. The second-order valence-electron chi connectivity index (χ2n) is 8.92. The first-order valence-corrected chi connectivity index (χ1v) is 11.8. The van der Waals surface area contributed by atoms with Crippen LogP contribution in [0.2, 0.25) is 10.0 Å². The van der Waals surface area contributed by atoms with Crippen molar-refractivity contribution >= 4 is 44.9 Å². The number of nitrogens with zero attached hydrogens (tertiary/aromatic N) is 1. The summed E-state index contributed by atoms with van der Waals surface area (Å²) >= 11 is 12.9. The van der Waals surface area contributed by atoms with E-state index in [1.54, 1.807) is 16.7 Å². The number of benzene rings is 3. The van der Waals surface area contributed by atoms with Gasteiger partial charge >= 0.3 is 0 Å². The third-order valence-electron chi connectivity index (χ3n) is 6.52. The number of aryl methyl sites for hydroxylation is 1. The standard InChI is InChI=1S/C26H25Cl2NO5/c1-13-2-4-16-7-14(3-5-15(16)6-13)8-17-11-29(20-10-18(27)9-19(28)22(17)20)26-25(33)24(32)23(31)21(12-30)34-26/h2-7,9-11,21,23-26,30-33H,8,12H2,1H3/t21-,23-,24+,25-,26-/m1/s1. The fourth-order valence-electron chi connectivity index (χ4n) is 4.78. The van der Waals surface area contributed by atoms with Gasteiger partial charge in [0.1, 0.15) is 24.4 Å². The molecule has 1 aromatic heterocycles. The van der Waals surface area contributed by atoms with Crippen LogP contribution in [-0.2, 0) is 11.2 Å². The molecule has 4 N–H and O–H groups in total. The lowest BCUT2D eigenvalue weighted by atomic mass is 9.98. The van der Waals surface area contributed by atoms with Gasteiger partial charge in [0, 0.05) is 16.6 Å². The van der Waals surface area contributed by atoms with Gasteiger partial charge in [0.2, 0.25) is 0 Å².